The molecule has 0 saturated heterocycles. The molecule has 0 aliphatic heterocycles. The van der Waals surface area contributed by atoms with Gasteiger partial charge in [-0.3, -0.25) is 0 Å². The van der Waals surface area contributed by atoms with Crippen LogP contribution < -0.4 is 0 Å². The minimum atomic E-state index is 0.286. The molecule has 0 spiro atoms. The SMILES string of the molecule is Clc1ccc(C2CC2/C(=N/OCc2ccc(Cl)cc2Cl)c2ccc(Br)cc2)cc1. The number of halogens is 4. The Morgan fingerprint density at radius 2 is 1.62 bits per heavy atom. The summed E-state index contributed by atoms with van der Waals surface area (Å²) in [5, 5.41) is 6.44. The van der Waals surface area contributed by atoms with E-state index in [4.69, 9.17) is 39.6 Å². The van der Waals surface area contributed by atoms with E-state index in [0.29, 0.717) is 21.9 Å². The summed E-state index contributed by atoms with van der Waals surface area (Å²) in [6.07, 6.45) is 1.03. The Morgan fingerprint density at radius 1 is 0.931 bits per heavy atom. The smallest absolute Gasteiger partial charge is 0.143 e. The number of rotatable bonds is 6. The van der Waals surface area contributed by atoms with Crippen molar-refractivity contribution in [2.45, 2.75) is 18.9 Å². The van der Waals surface area contributed by atoms with Crippen LogP contribution in [0.25, 0.3) is 0 Å². The van der Waals surface area contributed by atoms with Gasteiger partial charge in [-0.05, 0) is 59.9 Å². The van der Waals surface area contributed by atoms with Crippen LogP contribution in [0, 0.1) is 5.92 Å². The third-order valence-electron chi connectivity index (χ3n) is 4.98. The first-order valence-corrected chi connectivity index (χ1v) is 11.1. The van der Waals surface area contributed by atoms with Crippen LogP contribution in [-0.4, -0.2) is 5.71 Å². The first kappa shape index (κ1) is 20.7. The van der Waals surface area contributed by atoms with E-state index < -0.39 is 0 Å². The molecule has 0 aromatic heterocycles. The second-order valence-electron chi connectivity index (χ2n) is 6.99. The average molecular weight is 510 g/mol. The topological polar surface area (TPSA) is 21.6 Å². The van der Waals surface area contributed by atoms with E-state index in [2.05, 4.69) is 45.4 Å². The van der Waals surface area contributed by atoms with Crippen molar-refractivity contribution in [3.8, 4) is 0 Å². The molecule has 2 unspecified atom stereocenters. The zero-order chi connectivity index (χ0) is 20.4. The van der Waals surface area contributed by atoms with Crippen molar-refractivity contribution in [3.05, 3.63) is 103 Å². The maximum absolute atomic E-state index is 6.24. The average Bonchev–Trinajstić information content (AvgIpc) is 3.49. The van der Waals surface area contributed by atoms with Crippen molar-refractivity contribution in [2.24, 2.45) is 11.1 Å². The molecule has 3 aromatic rings. The molecule has 2 nitrogen and oxygen atoms in total. The summed E-state index contributed by atoms with van der Waals surface area (Å²) in [5.74, 6) is 0.718. The fourth-order valence-corrected chi connectivity index (χ4v) is 4.19. The van der Waals surface area contributed by atoms with Crippen molar-refractivity contribution in [2.75, 3.05) is 0 Å². The third-order valence-corrected chi connectivity index (χ3v) is 6.35. The van der Waals surface area contributed by atoms with E-state index >= 15 is 0 Å². The van der Waals surface area contributed by atoms with Gasteiger partial charge in [0.05, 0.1) is 5.71 Å². The number of oxime groups is 1. The first-order valence-electron chi connectivity index (χ1n) is 9.16. The molecule has 0 bridgehead atoms. The number of benzene rings is 3. The lowest BCUT2D eigenvalue weighted by molar-refractivity contribution is 0.130. The summed E-state index contributed by atoms with van der Waals surface area (Å²) >= 11 is 21.7. The maximum atomic E-state index is 6.24. The summed E-state index contributed by atoms with van der Waals surface area (Å²) in [4.78, 5) is 5.72. The van der Waals surface area contributed by atoms with E-state index in [-0.39, 0.29) is 6.61 Å². The molecule has 29 heavy (non-hydrogen) atoms. The Hall–Kier alpha value is -1.52. The third kappa shape index (κ3) is 5.16. The van der Waals surface area contributed by atoms with Crippen LogP contribution in [0.3, 0.4) is 0 Å². The van der Waals surface area contributed by atoms with Crippen LogP contribution in [0.2, 0.25) is 15.1 Å². The van der Waals surface area contributed by atoms with Gasteiger partial charge in [-0.25, -0.2) is 0 Å². The van der Waals surface area contributed by atoms with Gasteiger partial charge >= 0.3 is 0 Å². The standard InChI is InChI=1S/C23H17BrCl3NO/c24-17-6-1-15(2-7-17)23(21-12-20(21)14-3-8-18(25)9-4-14)28-29-13-16-5-10-19(26)11-22(16)27/h1-11,20-21H,12-13H2/b28-23+. The van der Waals surface area contributed by atoms with Crippen molar-refractivity contribution >= 4 is 56.4 Å². The molecule has 6 heteroatoms. The van der Waals surface area contributed by atoms with E-state index in [0.717, 1.165) is 32.8 Å². The first-order chi connectivity index (χ1) is 14.0. The molecule has 0 amide bonds. The van der Waals surface area contributed by atoms with Gasteiger partial charge in [0.1, 0.15) is 6.61 Å². The summed E-state index contributed by atoms with van der Waals surface area (Å²) < 4.78 is 1.03. The summed E-state index contributed by atoms with van der Waals surface area (Å²) in [6.45, 7) is 0.286. The lowest BCUT2D eigenvalue weighted by Crippen LogP contribution is -2.07. The number of nitrogens with zero attached hydrogens (tertiary/aromatic N) is 1. The molecule has 0 N–H and O–H groups in total. The van der Waals surface area contributed by atoms with Crippen molar-refractivity contribution in [1.29, 1.82) is 0 Å². The van der Waals surface area contributed by atoms with Crippen LogP contribution in [-0.2, 0) is 11.4 Å². The lowest BCUT2D eigenvalue weighted by atomic mass is 10.0. The fourth-order valence-electron chi connectivity index (χ4n) is 3.34. The maximum Gasteiger partial charge on any atom is 0.143 e. The molecule has 3 aromatic carbocycles. The van der Waals surface area contributed by atoms with Gasteiger partial charge in [0.25, 0.3) is 0 Å². The van der Waals surface area contributed by atoms with E-state index in [9.17, 15) is 0 Å². The zero-order valence-electron chi connectivity index (χ0n) is 15.3. The quantitative estimate of drug-likeness (QED) is 0.243. The number of hydrogen-bond donors (Lipinski definition) is 0. The molecular formula is C23H17BrCl3NO. The largest absolute Gasteiger partial charge is 0.391 e. The van der Waals surface area contributed by atoms with Crippen molar-refractivity contribution in [1.82, 2.24) is 0 Å². The minimum absolute atomic E-state index is 0.286. The van der Waals surface area contributed by atoms with E-state index in [1.165, 1.54) is 5.56 Å². The highest BCUT2D eigenvalue weighted by Gasteiger charge is 2.43. The highest BCUT2D eigenvalue weighted by Crippen LogP contribution is 2.49. The number of hydrogen-bond acceptors (Lipinski definition) is 2. The zero-order valence-corrected chi connectivity index (χ0v) is 19.1. The Morgan fingerprint density at radius 3 is 2.31 bits per heavy atom. The van der Waals surface area contributed by atoms with Crippen LogP contribution in [0.15, 0.2) is 76.4 Å². The van der Waals surface area contributed by atoms with E-state index in [1.54, 1.807) is 12.1 Å². The van der Waals surface area contributed by atoms with Gasteiger partial charge in [-0.2, -0.15) is 0 Å². The molecular weight excluding hydrogens is 493 g/mol. The molecule has 1 aliphatic carbocycles. The minimum Gasteiger partial charge on any atom is -0.391 e. The second kappa shape index (κ2) is 9.09. The molecule has 1 saturated carbocycles. The van der Waals surface area contributed by atoms with Crippen LogP contribution in [0.4, 0.5) is 0 Å². The lowest BCUT2D eigenvalue weighted by Gasteiger charge is -2.09. The Balaban J connectivity index is 1.55. The summed E-state index contributed by atoms with van der Waals surface area (Å²) in [7, 11) is 0. The Labute approximate surface area is 193 Å². The molecule has 148 valence electrons. The van der Waals surface area contributed by atoms with Crippen molar-refractivity contribution < 1.29 is 4.84 Å². The molecule has 0 radical (unpaired) electrons. The normalized spacial score (nSPS) is 18.6. The van der Waals surface area contributed by atoms with Crippen LogP contribution >= 0.6 is 50.7 Å². The van der Waals surface area contributed by atoms with Gasteiger partial charge in [0.15, 0.2) is 0 Å². The molecule has 4 rings (SSSR count). The van der Waals surface area contributed by atoms with Gasteiger partial charge < -0.3 is 4.84 Å². The summed E-state index contributed by atoms with van der Waals surface area (Å²) in [5.41, 5.74) is 4.12. The van der Waals surface area contributed by atoms with Crippen LogP contribution in [0.1, 0.15) is 29.0 Å². The molecule has 1 aliphatic rings. The van der Waals surface area contributed by atoms with Crippen LogP contribution in [0.5, 0.6) is 0 Å². The second-order valence-corrected chi connectivity index (χ2v) is 9.19. The highest BCUT2D eigenvalue weighted by atomic mass is 79.9. The summed E-state index contributed by atoms with van der Waals surface area (Å²) in [6, 6.07) is 21.5. The predicted octanol–water partition coefficient (Wildman–Crippen LogP) is 8.13. The molecule has 0 heterocycles. The monoisotopic (exact) mass is 507 g/mol. The molecule has 1 fully saturated rings. The highest BCUT2D eigenvalue weighted by molar-refractivity contribution is 9.10. The van der Waals surface area contributed by atoms with Gasteiger partial charge in [0.2, 0.25) is 0 Å². The van der Waals surface area contributed by atoms with E-state index in [1.807, 2.05) is 30.3 Å². The fraction of sp³-hybridized carbons (Fsp3) is 0.174. The van der Waals surface area contributed by atoms with Gasteiger partial charge in [-0.1, -0.05) is 86.2 Å². The Kier molecular flexibility index (Phi) is 6.50. The van der Waals surface area contributed by atoms with Gasteiger partial charge in [0, 0.05) is 31.0 Å². The predicted molar refractivity (Wildman–Crippen MR) is 124 cm³/mol. The Bertz CT molecular complexity index is 1030. The van der Waals surface area contributed by atoms with Gasteiger partial charge in [-0.15, -0.1) is 0 Å². The molecule has 2 atom stereocenters. The van der Waals surface area contributed by atoms with Crippen molar-refractivity contribution in [3.63, 3.8) is 0 Å².